The van der Waals surface area contributed by atoms with Crippen LogP contribution < -0.4 is 14.8 Å². The number of ether oxygens (including phenoxy) is 2. The summed E-state index contributed by atoms with van der Waals surface area (Å²) in [5, 5.41) is 5.21. The molecule has 1 N–H and O–H groups in total. The molecule has 2 aromatic carbocycles. The molecule has 0 saturated carbocycles. The number of rotatable bonds is 7. The van der Waals surface area contributed by atoms with E-state index in [0.717, 1.165) is 16.9 Å². The van der Waals surface area contributed by atoms with E-state index in [-0.39, 0.29) is 5.91 Å². The number of hydrogen-bond donors (Lipinski definition) is 1. The monoisotopic (exact) mass is 413 g/mol. The van der Waals surface area contributed by atoms with E-state index in [0.29, 0.717) is 27.9 Å². The standard InChI is InChI=1S/C22H20ClNO3S/c1-3-6-16-7-4-5-8-19(16)27-13-15-11-21(28-14-15)22(25)24-17-9-10-20(26-2)18(23)12-17/h3-12,14H,13H2,1-2H3,(H,24,25)/b6-3+. The van der Waals surface area contributed by atoms with Gasteiger partial charge in [-0.1, -0.05) is 42.0 Å². The molecule has 0 aliphatic carbocycles. The van der Waals surface area contributed by atoms with Crippen molar-refractivity contribution in [3.63, 3.8) is 0 Å². The molecule has 3 aromatic rings. The third kappa shape index (κ3) is 4.94. The Hall–Kier alpha value is -2.76. The summed E-state index contributed by atoms with van der Waals surface area (Å²) in [6, 6.07) is 14.8. The van der Waals surface area contributed by atoms with Crippen LogP contribution in [0.25, 0.3) is 6.08 Å². The normalized spacial score (nSPS) is 10.8. The summed E-state index contributed by atoms with van der Waals surface area (Å²) in [7, 11) is 1.55. The number of methoxy groups -OCH3 is 1. The van der Waals surface area contributed by atoms with Gasteiger partial charge >= 0.3 is 0 Å². The molecule has 3 rings (SSSR count). The van der Waals surface area contributed by atoms with Gasteiger partial charge in [0.25, 0.3) is 5.91 Å². The summed E-state index contributed by atoms with van der Waals surface area (Å²) < 4.78 is 11.0. The number of carbonyl (C=O) groups excluding carboxylic acids is 1. The lowest BCUT2D eigenvalue weighted by atomic mass is 10.2. The number of benzene rings is 2. The molecule has 0 aliphatic rings. The Bertz CT molecular complexity index is 997. The molecule has 0 radical (unpaired) electrons. The van der Waals surface area contributed by atoms with Gasteiger partial charge in [0.2, 0.25) is 0 Å². The van der Waals surface area contributed by atoms with E-state index in [1.165, 1.54) is 11.3 Å². The smallest absolute Gasteiger partial charge is 0.265 e. The van der Waals surface area contributed by atoms with Crippen LogP contribution in [0.4, 0.5) is 5.69 Å². The average molecular weight is 414 g/mol. The molecule has 1 heterocycles. The lowest BCUT2D eigenvalue weighted by Gasteiger charge is -2.08. The Kier molecular flexibility index (Phi) is 6.74. The average Bonchev–Trinajstić information content (AvgIpc) is 3.17. The molecule has 6 heteroatoms. The van der Waals surface area contributed by atoms with Gasteiger partial charge < -0.3 is 14.8 Å². The molecule has 144 valence electrons. The highest BCUT2D eigenvalue weighted by molar-refractivity contribution is 7.12. The van der Waals surface area contributed by atoms with Gasteiger partial charge in [-0.3, -0.25) is 4.79 Å². The van der Waals surface area contributed by atoms with Crippen LogP contribution in [0, 0.1) is 0 Å². The molecule has 0 aliphatic heterocycles. The van der Waals surface area contributed by atoms with E-state index in [2.05, 4.69) is 5.32 Å². The number of anilines is 1. The Morgan fingerprint density at radius 1 is 1.18 bits per heavy atom. The van der Waals surface area contributed by atoms with Crippen molar-refractivity contribution < 1.29 is 14.3 Å². The summed E-state index contributed by atoms with van der Waals surface area (Å²) in [6.45, 7) is 2.36. The van der Waals surface area contributed by atoms with Crippen molar-refractivity contribution in [2.45, 2.75) is 13.5 Å². The maximum Gasteiger partial charge on any atom is 0.265 e. The van der Waals surface area contributed by atoms with Crippen LogP contribution >= 0.6 is 22.9 Å². The summed E-state index contributed by atoms with van der Waals surface area (Å²) in [5.41, 5.74) is 2.58. The number of amides is 1. The first kappa shape index (κ1) is 20.0. The second-order valence-corrected chi connectivity index (χ2v) is 7.27. The zero-order valence-corrected chi connectivity index (χ0v) is 17.1. The van der Waals surface area contributed by atoms with Crippen molar-refractivity contribution in [3.8, 4) is 11.5 Å². The summed E-state index contributed by atoms with van der Waals surface area (Å²) in [5.74, 6) is 1.19. The van der Waals surface area contributed by atoms with Gasteiger partial charge in [-0.25, -0.2) is 0 Å². The van der Waals surface area contributed by atoms with Gasteiger partial charge in [0.1, 0.15) is 18.1 Å². The van der Waals surface area contributed by atoms with Crippen molar-refractivity contribution in [1.82, 2.24) is 0 Å². The van der Waals surface area contributed by atoms with Gasteiger partial charge in [0, 0.05) is 16.8 Å². The van der Waals surface area contributed by atoms with Crippen molar-refractivity contribution in [2.75, 3.05) is 12.4 Å². The largest absolute Gasteiger partial charge is 0.495 e. The fourth-order valence-electron chi connectivity index (χ4n) is 2.60. The van der Waals surface area contributed by atoms with E-state index in [9.17, 15) is 4.79 Å². The predicted octanol–water partition coefficient (Wildman–Crippen LogP) is 6.27. The molecule has 0 unspecified atom stereocenters. The minimum Gasteiger partial charge on any atom is -0.495 e. The second-order valence-electron chi connectivity index (χ2n) is 5.95. The van der Waals surface area contributed by atoms with Crippen LogP contribution in [0.15, 0.2) is 60.0 Å². The van der Waals surface area contributed by atoms with E-state index in [1.807, 2.05) is 54.8 Å². The van der Waals surface area contributed by atoms with Crippen LogP contribution in [-0.2, 0) is 6.61 Å². The summed E-state index contributed by atoms with van der Waals surface area (Å²) in [4.78, 5) is 13.1. The number of thiophene rings is 1. The number of allylic oxidation sites excluding steroid dienone is 1. The lowest BCUT2D eigenvalue weighted by Crippen LogP contribution is -2.10. The zero-order valence-electron chi connectivity index (χ0n) is 15.6. The molecular weight excluding hydrogens is 394 g/mol. The maximum absolute atomic E-state index is 12.5. The number of para-hydroxylation sites is 1. The summed E-state index contributed by atoms with van der Waals surface area (Å²) >= 11 is 7.48. The molecule has 0 spiro atoms. The molecule has 4 nitrogen and oxygen atoms in total. The van der Waals surface area contributed by atoms with E-state index >= 15 is 0 Å². The van der Waals surface area contributed by atoms with Gasteiger partial charge in [-0.15, -0.1) is 11.3 Å². The fraction of sp³-hybridized carbons (Fsp3) is 0.136. The van der Waals surface area contributed by atoms with Gasteiger partial charge in [-0.2, -0.15) is 0 Å². The molecule has 0 fully saturated rings. The molecule has 1 aromatic heterocycles. The first-order valence-electron chi connectivity index (χ1n) is 8.67. The van der Waals surface area contributed by atoms with Gasteiger partial charge in [0.15, 0.2) is 0 Å². The first-order valence-corrected chi connectivity index (χ1v) is 9.93. The number of halogens is 1. The van der Waals surface area contributed by atoms with Crippen LogP contribution in [0.1, 0.15) is 27.7 Å². The molecule has 1 amide bonds. The highest BCUT2D eigenvalue weighted by Gasteiger charge is 2.11. The third-order valence-electron chi connectivity index (χ3n) is 3.95. The van der Waals surface area contributed by atoms with Crippen LogP contribution in [0.5, 0.6) is 11.5 Å². The molecule has 28 heavy (non-hydrogen) atoms. The van der Waals surface area contributed by atoms with E-state index in [1.54, 1.807) is 25.3 Å². The van der Waals surface area contributed by atoms with Crippen molar-refractivity contribution >= 4 is 40.6 Å². The third-order valence-corrected chi connectivity index (χ3v) is 5.22. The van der Waals surface area contributed by atoms with Gasteiger partial charge in [0.05, 0.1) is 17.0 Å². The minimum atomic E-state index is -0.188. The van der Waals surface area contributed by atoms with E-state index in [4.69, 9.17) is 21.1 Å². The van der Waals surface area contributed by atoms with Crippen LogP contribution in [0.3, 0.4) is 0 Å². The Balaban J connectivity index is 1.64. The second kappa shape index (κ2) is 9.44. The number of hydrogen-bond acceptors (Lipinski definition) is 4. The Morgan fingerprint density at radius 3 is 2.75 bits per heavy atom. The quantitative estimate of drug-likeness (QED) is 0.496. The molecule has 0 saturated heterocycles. The molecule has 0 bridgehead atoms. The van der Waals surface area contributed by atoms with E-state index < -0.39 is 0 Å². The van der Waals surface area contributed by atoms with Gasteiger partial charge in [-0.05, 0) is 42.6 Å². The fourth-order valence-corrected chi connectivity index (χ4v) is 3.65. The molecule has 0 atom stereocenters. The first-order chi connectivity index (χ1) is 13.6. The lowest BCUT2D eigenvalue weighted by molar-refractivity contribution is 0.103. The highest BCUT2D eigenvalue weighted by Crippen LogP contribution is 2.28. The Morgan fingerprint density at radius 2 is 2.00 bits per heavy atom. The van der Waals surface area contributed by atoms with Crippen molar-refractivity contribution in [1.29, 1.82) is 0 Å². The maximum atomic E-state index is 12.5. The highest BCUT2D eigenvalue weighted by atomic mass is 35.5. The minimum absolute atomic E-state index is 0.188. The zero-order chi connectivity index (χ0) is 19.9. The summed E-state index contributed by atoms with van der Waals surface area (Å²) in [6.07, 6.45) is 3.97. The molecular formula is C22H20ClNO3S. The SMILES string of the molecule is C/C=C/c1ccccc1OCc1csc(C(=O)Nc2ccc(OC)c(Cl)c2)c1. The Labute approximate surface area is 173 Å². The van der Waals surface area contributed by atoms with Crippen LogP contribution in [-0.4, -0.2) is 13.0 Å². The number of carbonyl (C=O) groups is 1. The predicted molar refractivity (Wildman–Crippen MR) is 116 cm³/mol. The topological polar surface area (TPSA) is 47.6 Å². The van der Waals surface area contributed by atoms with Crippen molar-refractivity contribution in [3.05, 3.63) is 81.0 Å². The van der Waals surface area contributed by atoms with Crippen LogP contribution in [0.2, 0.25) is 5.02 Å². The number of nitrogens with one attached hydrogen (secondary N) is 1. The van der Waals surface area contributed by atoms with Crippen molar-refractivity contribution in [2.24, 2.45) is 0 Å².